The second kappa shape index (κ2) is 5.88. The Kier molecular flexibility index (Phi) is 4.42. The van der Waals surface area contributed by atoms with Gasteiger partial charge in [-0.15, -0.1) is 0 Å². The highest BCUT2D eigenvalue weighted by molar-refractivity contribution is 7.89. The molecule has 2 atom stereocenters. The predicted octanol–water partition coefficient (Wildman–Crippen LogP) is 1.98. The van der Waals surface area contributed by atoms with Crippen molar-refractivity contribution in [3.63, 3.8) is 0 Å². The number of anilines is 1. The zero-order valence-corrected chi connectivity index (χ0v) is 12.2. The third kappa shape index (κ3) is 3.45. The Hall–Kier alpha value is -1.14. The molecule has 1 saturated carbocycles. The zero-order chi connectivity index (χ0) is 13.9. The molecule has 1 aliphatic rings. The van der Waals surface area contributed by atoms with E-state index in [1.54, 1.807) is 6.07 Å². The van der Waals surface area contributed by atoms with Crippen molar-refractivity contribution in [1.29, 1.82) is 0 Å². The monoisotopic (exact) mass is 283 g/mol. The van der Waals surface area contributed by atoms with Gasteiger partial charge in [0.25, 0.3) is 0 Å². The van der Waals surface area contributed by atoms with Crippen LogP contribution in [0.1, 0.15) is 33.1 Å². The molecule has 0 aliphatic heterocycles. The summed E-state index contributed by atoms with van der Waals surface area (Å²) in [5.74, 6) is 0.995. The van der Waals surface area contributed by atoms with Gasteiger partial charge in [0.05, 0.1) is 4.90 Å². The first kappa shape index (κ1) is 14.3. The van der Waals surface area contributed by atoms with Gasteiger partial charge >= 0.3 is 0 Å². The molecule has 0 bridgehead atoms. The Bertz CT molecular complexity index is 530. The smallest absolute Gasteiger partial charge is 0.241 e. The summed E-state index contributed by atoms with van der Waals surface area (Å²) < 4.78 is 27.5. The van der Waals surface area contributed by atoms with Gasteiger partial charge in [-0.1, -0.05) is 13.3 Å². The molecule has 19 heavy (non-hydrogen) atoms. The number of rotatable bonds is 5. The molecule has 2 unspecified atom stereocenters. The molecular formula is C13H21N3O2S. The second-order valence-electron chi connectivity index (χ2n) is 5.04. The van der Waals surface area contributed by atoms with E-state index in [2.05, 4.69) is 21.9 Å². The van der Waals surface area contributed by atoms with Crippen molar-refractivity contribution in [3.05, 3.63) is 18.3 Å². The van der Waals surface area contributed by atoms with E-state index in [1.807, 2.05) is 6.92 Å². The maximum Gasteiger partial charge on any atom is 0.241 e. The number of sulfonamides is 1. The molecule has 1 aromatic rings. The van der Waals surface area contributed by atoms with E-state index in [0.29, 0.717) is 18.3 Å². The molecule has 0 saturated heterocycles. The number of hydrogen-bond donors (Lipinski definition) is 2. The third-order valence-electron chi connectivity index (χ3n) is 3.57. The molecule has 5 nitrogen and oxygen atoms in total. The van der Waals surface area contributed by atoms with Crippen LogP contribution in [-0.4, -0.2) is 26.0 Å². The van der Waals surface area contributed by atoms with Crippen molar-refractivity contribution >= 4 is 15.8 Å². The first-order valence-corrected chi connectivity index (χ1v) is 8.23. The maximum atomic E-state index is 12.3. The number of nitrogens with zero attached hydrogens (tertiary/aromatic N) is 1. The Morgan fingerprint density at radius 2 is 2.21 bits per heavy atom. The van der Waals surface area contributed by atoms with Crippen LogP contribution in [0, 0.1) is 5.92 Å². The van der Waals surface area contributed by atoms with Crippen molar-refractivity contribution in [3.8, 4) is 0 Å². The fourth-order valence-corrected chi connectivity index (χ4v) is 3.84. The van der Waals surface area contributed by atoms with Crippen LogP contribution in [0.5, 0.6) is 0 Å². The molecule has 0 radical (unpaired) electrons. The van der Waals surface area contributed by atoms with Gasteiger partial charge in [0, 0.05) is 24.8 Å². The summed E-state index contributed by atoms with van der Waals surface area (Å²) in [5, 5.41) is 3.02. The van der Waals surface area contributed by atoms with Gasteiger partial charge in [0.15, 0.2) is 0 Å². The van der Waals surface area contributed by atoms with Gasteiger partial charge in [-0.05, 0) is 31.7 Å². The van der Waals surface area contributed by atoms with Crippen LogP contribution in [0.4, 0.5) is 5.82 Å². The SMILES string of the molecule is CCNc1cc(S(=O)(=O)NC2CCCC2C)ccn1. The summed E-state index contributed by atoms with van der Waals surface area (Å²) in [6.07, 6.45) is 4.62. The molecule has 106 valence electrons. The third-order valence-corrected chi connectivity index (χ3v) is 5.06. The van der Waals surface area contributed by atoms with Crippen LogP contribution in [-0.2, 0) is 10.0 Å². The summed E-state index contributed by atoms with van der Waals surface area (Å²) in [5.41, 5.74) is 0. The Labute approximate surface area is 114 Å². The molecule has 1 fully saturated rings. The molecule has 6 heteroatoms. The fourth-order valence-electron chi connectivity index (χ4n) is 2.44. The highest BCUT2D eigenvalue weighted by Crippen LogP contribution is 2.26. The van der Waals surface area contributed by atoms with E-state index < -0.39 is 10.0 Å². The highest BCUT2D eigenvalue weighted by Gasteiger charge is 2.28. The molecule has 1 aromatic heterocycles. The zero-order valence-electron chi connectivity index (χ0n) is 11.4. The summed E-state index contributed by atoms with van der Waals surface area (Å²) in [6.45, 7) is 4.75. The first-order chi connectivity index (χ1) is 9.03. The van der Waals surface area contributed by atoms with Gasteiger partial charge in [-0.3, -0.25) is 0 Å². The highest BCUT2D eigenvalue weighted by atomic mass is 32.2. The van der Waals surface area contributed by atoms with Crippen molar-refractivity contribution in [1.82, 2.24) is 9.71 Å². The normalized spacial score (nSPS) is 23.5. The van der Waals surface area contributed by atoms with Gasteiger partial charge in [0.2, 0.25) is 10.0 Å². The van der Waals surface area contributed by atoms with E-state index in [9.17, 15) is 8.42 Å². The summed E-state index contributed by atoms with van der Waals surface area (Å²) >= 11 is 0. The van der Waals surface area contributed by atoms with E-state index in [0.717, 1.165) is 19.3 Å². The largest absolute Gasteiger partial charge is 0.370 e. The molecule has 0 spiro atoms. The molecule has 0 aromatic carbocycles. The molecule has 1 heterocycles. The first-order valence-electron chi connectivity index (χ1n) is 6.75. The number of hydrogen-bond acceptors (Lipinski definition) is 4. The topological polar surface area (TPSA) is 71.1 Å². The quantitative estimate of drug-likeness (QED) is 0.867. The lowest BCUT2D eigenvalue weighted by molar-refractivity contribution is 0.476. The van der Waals surface area contributed by atoms with Crippen molar-refractivity contribution < 1.29 is 8.42 Å². The minimum absolute atomic E-state index is 0.0562. The lowest BCUT2D eigenvalue weighted by Crippen LogP contribution is -2.36. The molecule has 2 rings (SSSR count). The van der Waals surface area contributed by atoms with Crippen LogP contribution in [0.2, 0.25) is 0 Å². The lowest BCUT2D eigenvalue weighted by atomic mass is 10.1. The van der Waals surface area contributed by atoms with Crippen molar-refractivity contribution in [2.24, 2.45) is 5.92 Å². The van der Waals surface area contributed by atoms with E-state index in [1.165, 1.54) is 12.3 Å². The predicted molar refractivity (Wildman–Crippen MR) is 75.5 cm³/mol. The number of pyridine rings is 1. The van der Waals surface area contributed by atoms with Crippen LogP contribution in [0.15, 0.2) is 23.2 Å². The van der Waals surface area contributed by atoms with E-state index >= 15 is 0 Å². The van der Waals surface area contributed by atoms with Gasteiger partial charge in [-0.2, -0.15) is 0 Å². The van der Waals surface area contributed by atoms with Crippen LogP contribution in [0.25, 0.3) is 0 Å². The van der Waals surface area contributed by atoms with Crippen molar-refractivity contribution in [2.45, 2.75) is 44.0 Å². The molecular weight excluding hydrogens is 262 g/mol. The standard InChI is InChI=1S/C13H21N3O2S/c1-3-14-13-9-11(7-8-15-13)19(17,18)16-12-6-4-5-10(12)2/h7-10,12,16H,3-6H2,1-2H3,(H,14,15). The summed E-state index contributed by atoms with van der Waals surface area (Å²) in [7, 11) is -3.45. The number of nitrogens with one attached hydrogen (secondary N) is 2. The summed E-state index contributed by atoms with van der Waals surface area (Å²) in [6, 6.07) is 3.16. The minimum atomic E-state index is -3.45. The lowest BCUT2D eigenvalue weighted by Gasteiger charge is -2.17. The van der Waals surface area contributed by atoms with Crippen LogP contribution < -0.4 is 10.0 Å². The summed E-state index contributed by atoms with van der Waals surface area (Å²) in [4.78, 5) is 4.36. The molecule has 2 N–H and O–H groups in total. The maximum absolute atomic E-state index is 12.3. The Morgan fingerprint density at radius 1 is 1.42 bits per heavy atom. The van der Waals surface area contributed by atoms with Crippen LogP contribution >= 0.6 is 0 Å². The minimum Gasteiger partial charge on any atom is -0.370 e. The average Bonchev–Trinajstić information content (AvgIpc) is 2.75. The van der Waals surface area contributed by atoms with Gasteiger partial charge < -0.3 is 5.32 Å². The van der Waals surface area contributed by atoms with Crippen LogP contribution in [0.3, 0.4) is 0 Å². The second-order valence-corrected chi connectivity index (χ2v) is 6.76. The van der Waals surface area contributed by atoms with Gasteiger partial charge in [-0.25, -0.2) is 18.1 Å². The van der Waals surface area contributed by atoms with E-state index in [-0.39, 0.29) is 10.9 Å². The van der Waals surface area contributed by atoms with Gasteiger partial charge in [0.1, 0.15) is 5.82 Å². The Morgan fingerprint density at radius 3 is 2.84 bits per heavy atom. The van der Waals surface area contributed by atoms with E-state index in [4.69, 9.17) is 0 Å². The molecule has 1 aliphatic carbocycles. The Balaban J connectivity index is 2.16. The fraction of sp³-hybridized carbons (Fsp3) is 0.615. The molecule has 0 amide bonds. The number of aromatic nitrogens is 1. The van der Waals surface area contributed by atoms with Crippen molar-refractivity contribution in [2.75, 3.05) is 11.9 Å². The average molecular weight is 283 g/mol.